The first-order chi connectivity index (χ1) is 26.3. The van der Waals surface area contributed by atoms with Gasteiger partial charge in [-0.05, 0) is 62.9 Å². The molecule has 1 N–H and O–H groups in total. The molecule has 1 aliphatic rings. The van der Waals surface area contributed by atoms with Crippen molar-refractivity contribution < 1.29 is 0 Å². The van der Waals surface area contributed by atoms with Gasteiger partial charge in [0.1, 0.15) is 12.0 Å². The average molecular weight is 680 g/mol. The second-order valence-corrected chi connectivity index (χ2v) is 13.3. The van der Waals surface area contributed by atoms with Crippen LogP contribution in [0.25, 0.3) is 66.5 Å². The molecule has 0 saturated carbocycles. The highest BCUT2D eigenvalue weighted by atomic mass is 15.1. The lowest BCUT2D eigenvalue weighted by Crippen LogP contribution is -2.24. The molecule has 5 nitrogen and oxygen atoms in total. The van der Waals surface area contributed by atoms with Gasteiger partial charge in [0.05, 0.1) is 16.7 Å². The summed E-state index contributed by atoms with van der Waals surface area (Å²) in [6.07, 6.45) is 5.78. The number of imidazole rings is 1. The molecule has 250 valence electrons. The van der Waals surface area contributed by atoms with Gasteiger partial charge in [-0.1, -0.05) is 152 Å². The predicted molar refractivity (Wildman–Crippen MR) is 218 cm³/mol. The Hall–Kier alpha value is -7.11. The molecule has 0 fully saturated rings. The van der Waals surface area contributed by atoms with Crippen molar-refractivity contribution in [2.24, 2.45) is 4.99 Å². The van der Waals surface area contributed by atoms with Crippen molar-refractivity contribution in [1.29, 1.82) is 0 Å². The van der Waals surface area contributed by atoms with Crippen LogP contribution in [0.1, 0.15) is 22.9 Å². The largest absolute Gasteiger partial charge is 0.360 e. The van der Waals surface area contributed by atoms with Crippen LogP contribution in [0, 0.1) is 0 Å². The molecule has 5 heteroatoms. The standard InChI is InChI=1S/C48H33N5/c1-4-13-33(14-5-1)43-30-44(51-47(50-43)35-15-6-2-7-16-35)34-25-23-32(24-26-34)37-19-12-20-38(29-37)53-46-41-22-11-10-21-39(41)40-27-28-49-31-42(40)45(46)52-48(53)36-17-8-3-9-18-36/h1-31,47,51H. The minimum Gasteiger partial charge on any atom is -0.360 e. The number of aliphatic imine (C=N–C) groups is 1. The number of nitrogens with zero attached hydrogens (tertiary/aromatic N) is 4. The summed E-state index contributed by atoms with van der Waals surface area (Å²) >= 11 is 0. The topological polar surface area (TPSA) is 55.1 Å². The number of benzene rings is 7. The Morgan fingerprint density at radius 1 is 0.509 bits per heavy atom. The maximum atomic E-state index is 5.36. The van der Waals surface area contributed by atoms with E-state index in [1.165, 1.54) is 5.39 Å². The molecule has 0 spiro atoms. The number of fused-ring (bicyclic) bond motifs is 6. The Balaban J connectivity index is 1.08. The molecule has 10 rings (SSSR count). The van der Waals surface area contributed by atoms with Gasteiger partial charge in [-0.2, -0.15) is 0 Å². The summed E-state index contributed by atoms with van der Waals surface area (Å²) in [6, 6.07) is 59.6. The zero-order valence-corrected chi connectivity index (χ0v) is 28.8. The van der Waals surface area contributed by atoms with Crippen LogP contribution in [-0.2, 0) is 0 Å². The Morgan fingerprint density at radius 3 is 1.92 bits per heavy atom. The van der Waals surface area contributed by atoms with Crippen molar-refractivity contribution in [2.75, 3.05) is 0 Å². The van der Waals surface area contributed by atoms with Gasteiger partial charge in [0.15, 0.2) is 0 Å². The molecule has 0 saturated heterocycles. The first kappa shape index (κ1) is 30.7. The van der Waals surface area contributed by atoms with Gasteiger partial charge in [-0.3, -0.25) is 14.5 Å². The highest BCUT2D eigenvalue weighted by Crippen LogP contribution is 2.39. The minimum atomic E-state index is -0.185. The van der Waals surface area contributed by atoms with Gasteiger partial charge in [-0.15, -0.1) is 0 Å². The molecule has 0 radical (unpaired) electrons. The summed E-state index contributed by atoms with van der Waals surface area (Å²) in [5.41, 5.74) is 11.7. The van der Waals surface area contributed by atoms with Crippen LogP contribution in [0.3, 0.4) is 0 Å². The third-order valence-corrected chi connectivity index (χ3v) is 10.1. The monoisotopic (exact) mass is 679 g/mol. The number of rotatable bonds is 6. The first-order valence-electron chi connectivity index (χ1n) is 17.9. The number of aromatic nitrogens is 3. The van der Waals surface area contributed by atoms with E-state index < -0.39 is 0 Å². The van der Waals surface area contributed by atoms with Crippen molar-refractivity contribution in [3.63, 3.8) is 0 Å². The number of hydrogen-bond acceptors (Lipinski definition) is 4. The highest BCUT2D eigenvalue weighted by molar-refractivity contribution is 6.24. The smallest absolute Gasteiger partial charge is 0.145 e. The maximum Gasteiger partial charge on any atom is 0.145 e. The van der Waals surface area contributed by atoms with Gasteiger partial charge in [0.25, 0.3) is 0 Å². The number of nitrogens with one attached hydrogen (secondary N) is 1. The molecular weight excluding hydrogens is 647 g/mol. The van der Waals surface area contributed by atoms with Crippen molar-refractivity contribution in [3.05, 3.63) is 205 Å². The molecule has 1 atom stereocenters. The SMILES string of the molecule is C1=C(c2ccc(-c3cccc(-n4c(-c5ccccc5)nc5c6cnccc6c6ccccc6c54)c3)cc2)NC(c2ccccc2)N=C1c1ccccc1. The minimum absolute atomic E-state index is 0.185. The van der Waals surface area contributed by atoms with Crippen molar-refractivity contribution >= 4 is 44.0 Å². The van der Waals surface area contributed by atoms with E-state index >= 15 is 0 Å². The fraction of sp³-hybridized carbons (Fsp3) is 0.0208. The maximum absolute atomic E-state index is 5.36. The van der Waals surface area contributed by atoms with Crippen molar-refractivity contribution in [3.8, 4) is 28.2 Å². The lowest BCUT2D eigenvalue weighted by atomic mass is 9.99. The molecule has 3 heterocycles. The number of pyridine rings is 1. The zero-order chi connectivity index (χ0) is 35.1. The van der Waals surface area contributed by atoms with Crippen LogP contribution in [-0.4, -0.2) is 20.2 Å². The quantitative estimate of drug-likeness (QED) is 0.178. The van der Waals surface area contributed by atoms with E-state index in [1.54, 1.807) is 0 Å². The molecule has 1 unspecified atom stereocenters. The predicted octanol–water partition coefficient (Wildman–Crippen LogP) is 11.2. The molecule has 2 aromatic heterocycles. The lowest BCUT2D eigenvalue weighted by Gasteiger charge is -2.25. The van der Waals surface area contributed by atoms with Crippen LogP contribution in [0.15, 0.2) is 193 Å². The molecule has 0 bridgehead atoms. The van der Waals surface area contributed by atoms with Crippen molar-refractivity contribution in [1.82, 2.24) is 19.9 Å². The second kappa shape index (κ2) is 12.9. The van der Waals surface area contributed by atoms with E-state index in [4.69, 9.17) is 9.98 Å². The van der Waals surface area contributed by atoms with Gasteiger partial charge in [0.2, 0.25) is 0 Å². The molecule has 0 aliphatic carbocycles. The molecule has 0 amide bonds. The fourth-order valence-electron chi connectivity index (χ4n) is 7.56. The fourth-order valence-corrected chi connectivity index (χ4v) is 7.56. The van der Waals surface area contributed by atoms with Crippen molar-refractivity contribution in [2.45, 2.75) is 6.17 Å². The van der Waals surface area contributed by atoms with E-state index in [-0.39, 0.29) is 6.17 Å². The lowest BCUT2D eigenvalue weighted by molar-refractivity contribution is 0.664. The second-order valence-electron chi connectivity index (χ2n) is 13.3. The average Bonchev–Trinajstić information content (AvgIpc) is 3.66. The van der Waals surface area contributed by atoms with E-state index in [9.17, 15) is 0 Å². The summed E-state index contributed by atoms with van der Waals surface area (Å²) in [5, 5.41) is 8.24. The summed E-state index contributed by atoms with van der Waals surface area (Å²) in [7, 11) is 0. The molecular formula is C48H33N5. The number of allylic oxidation sites excluding steroid dienone is 1. The summed E-state index contributed by atoms with van der Waals surface area (Å²) in [5.74, 6) is 0.897. The van der Waals surface area contributed by atoms with E-state index in [0.717, 1.165) is 83.5 Å². The first-order valence-corrected chi connectivity index (χ1v) is 17.9. The van der Waals surface area contributed by atoms with Gasteiger partial charge in [0, 0.05) is 40.1 Å². The summed E-state index contributed by atoms with van der Waals surface area (Å²) in [4.78, 5) is 15.0. The van der Waals surface area contributed by atoms with Crippen LogP contribution in [0.4, 0.5) is 0 Å². The summed E-state index contributed by atoms with van der Waals surface area (Å²) in [6.45, 7) is 0. The highest BCUT2D eigenvalue weighted by Gasteiger charge is 2.22. The van der Waals surface area contributed by atoms with E-state index in [1.807, 2.05) is 30.6 Å². The Morgan fingerprint density at radius 2 is 1.15 bits per heavy atom. The Kier molecular flexibility index (Phi) is 7.47. The number of hydrogen-bond donors (Lipinski definition) is 1. The third kappa shape index (κ3) is 5.47. The molecule has 1 aliphatic heterocycles. The molecule has 9 aromatic rings. The van der Waals surface area contributed by atoms with Crippen LogP contribution in [0.5, 0.6) is 0 Å². The van der Waals surface area contributed by atoms with Gasteiger partial charge >= 0.3 is 0 Å². The van der Waals surface area contributed by atoms with Gasteiger partial charge in [-0.25, -0.2) is 4.98 Å². The van der Waals surface area contributed by atoms with Crippen LogP contribution in [0.2, 0.25) is 0 Å². The normalized spacial score (nSPS) is 14.2. The molecule has 53 heavy (non-hydrogen) atoms. The van der Waals surface area contributed by atoms with E-state index in [2.05, 4.69) is 173 Å². The molecule has 7 aromatic carbocycles. The summed E-state index contributed by atoms with van der Waals surface area (Å²) < 4.78 is 2.32. The Bertz CT molecular complexity index is 2840. The van der Waals surface area contributed by atoms with E-state index in [0.29, 0.717) is 0 Å². The third-order valence-electron chi connectivity index (χ3n) is 10.1. The van der Waals surface area contributed by atoms with Gasteiger partial charge < -0.3 is 5.32 Å². The van der Waals surface area contributed by atoms with Crippen LogP contribution < -0.4 is 5.32 Å². The zero-order valence-electron chi connectivity index (χ0n) is 28.8. The Labute approximate surface area is 307 Å². The van der Waals surface area contributed by atoms with Crippen LogP contribution >= 0.6 is 0 Å².